The fourth-order valence-corrected chi connectivity index (χ4v) is 6.13. The van der Waals surface area contributed by atoms with Gasteiger partial charge in [0, 0.05) is 49.9 Å². The van der Waals surface area contributed by atoms with Gasteiger partial charge >= 0.3 is 5.97 Å². The number of fused-ring (bicyclic) bond motifs is 1. The fraction of sp³-hybridized carbons (Fsp3) is 0.424. The van der Waals surface area contributed by atoms with Crippen LogP contribution < -0.4 is 9.80 Å². The van der Waals surface area contributed by atoms with Gasteiger partial charge in [0.05, 0.1) is 23.4 Å². The summed E-state index contributed by atoms with van der Waals surface area (Å²) in [5.74, 6) is 0.508. The number of hydrogen-bond acceptors (Lipinski definition) is 6. The molecule has 1 aliphatic heterocycles. The summed E-state index contributed by atoms with van der Waals surface area (Å²) >= 11 is 0. The Bertz CT molecular complexity index is 1610. The normalized spacial score (nSPS) is 18.1. The number of pyridine rings is 2. The molecule has 0 spiro atoms. The second-order valence-electron chi connectivity index (χ2n) is 12.0. The summed E-state index contributed by atoms with van der Waals surface area (Å²) in [4.78, 5) is 26.0. The van der Waals surface area contributed by atoms with Crippen LogP contribution in [0.2, 0.25) is 0 Å². The quantitative estimate of drug-likeness (QED) is 0.349. The molecule has 9 heteroatoms. The number of methoxy groups -OCH3 is 1. The van der Waals surface area contributed by atoms with E-state index in [1.165, 1.54) is 0 Å². The number of aromatic carboxylic acids is 1. The topological polar surface area (TPSA) is 83.7 Å². The molecule has 4 heterocycles. The molecule has 1 unspecified atom stereocenters. The van der Waals surface area contributed by atoms with Gasteiger partial charge < -0.3 is 24.2 Å². The highest BCUT2D eigenvalue weighted by Crippen LogP contribution is 2.36. The molecule has 1 N–H and O–H groups in total. The van der Waals surface area contributed by atoms with Crippen molar-refractivity contribution in [2.45, 2.75) is 59.5 Å². The van der Waals surface area contributed by atoms with Gasteiger partial charge in [-0.3, -0.25) is 0 Å². The van der Waals surface area contributed by atoms with Gasteiger partial charge in [-0.1, -0.05) is 12.2 Å². The smallest absolute Gasteiger partial charge is 0.337 e. The Hall–Kier alpha value is -3.98. The number of allylic oxidation sites excluding steroid dienone is 6. The molecule has 0 bridgehead atoms. The zero-order valence-corrected chi connectivity index (χ0v) is 25.5. The van der Waals surface area contributed by atoms with Crippen molar-refractivity contribution in [1.29, 1.82) is 0 Å². The Morgan fingerprint density at radius 3 is 2.57 bits per heavy atom. The molecule has 0 radical (unpaired) electrons. The van der Waals surface area contributed by atoms with E-state index in [2.05, 4.69) is 64.5 Å². The van der Waals surface area contributed by atoms with Crippen LogP contribution in [0.4, 0.5) is 16.0 Å². The van der Waals surface area contributed by atoms with Crippen molar-refractivity contribution in [1.82, 2.24) is 14.5 Å². The number of halogens is 1. The monoisotopic (exact) mass is 573 g/mol. The van der Waals surface area contributed by atoms with Crippen molar-refractivity contribution in [3.63, 3.8) is 0 Å². The maximum absolute atomic E-state index is 14.8. The van der Waals surface area contributed by atoms with E-state index in [-0.39, 0.29) is 23.0 Å². The second kappa shape index (κ2) is 11.4. The number of aromatic nitrogens is 3. The molecule has 0 amide bonds. The van der Waals surface area contributed by atoms with Crippen molar-refractivity contribution >= 4 is 34.2 Å². The Morgan fingerprint density at radius 1 is 1.14 bits per heavy atom. The number of nitrogens with zero attached hydrogens (tertiary/aromatic N) is 5. The van der Waals surface area contributed by atoms with E-state index in [1.807, 2.05) is 19.1 Å². The van der Waals surface area contributed by atoms with Gasteiger partial charge in [-0.25, -0.2) is 19.2 Å². The minimum Gasteiger partial charge on any atom is -0.478 e. The van der Waals surface area contributed by atoms with Crippen molar-refractivity contribution in [2.75, 3.05) is 43.2 Å². The number of anilines is 2. The van der Waals surface area contributed by atoms with Crippen molar-refractivity contribution < 1.29 is 19.0 Å². The molecule has 1 aliphatic carbocycles. The first-order valence-electron chi connectivity index (χ1n) is 14.4. The minimum absolute atomic E-state index is 0.135. The van der Waals surface area contributed by atoms with Crippen LogP contribution in [0.3, 0.4) is 0 Å². The summed E-state index contributed by atoms with van der Waals surface area (Å²) in [6, 6.07) is 6.16. The highest BCUT2D eigenvalue weighted by molar-refractivity contribution is 5.95. The lowest BCUT2D eigenvalue weighted by Gasteiger charge is -2.41. The largest absolute Gasteiger partial charge is 0.478 e. The van der Waals surface area contributed by atoms with Gasteiger partial charge in [0.1, 0.15) is 23.1 Å². The maximum Gasteiger partial charge on any atom is 0.337 e. The van der Waals surface area contributed by atoms with Gasteiger partial charge in [-0.15, -0.1) is 0 Å². The highest BCUT2D eigenvalue weighted by atomic mass is 19.1. The summed E-state index contributed by atoms with van der Waals surface area (Å²) in [6.07, 6.45) is 8.34. The third-order valence-corrected chi connectivity index (χ3v) is 8.36. The molecule has 0 aromatic carbocycles. The van der Waals surface area contributed by atoms with Crippen molar-refractivity contribution in [3.05, 3.63) is 76.4 Å². The Labute approximate surface area is 246 Å². The van der Waals surface area contributed by atoms with Gasteiger partial charge in [-0.2, -0.15) is 0 Å². The lowest BCUT2D eigenvalue weighted by molar-refractivity contribution is 0.0694. The molecule has 222 valence electrons. The molecule has 3 aromatic rings. The van der Waals surface area contributed by atoms with E-state index in [4.69, 9.17) is 9.72 Å². The molecular formula is C33H40FN5O3. The van der Waals surface area contributed by atoms with E-state index < -0.39 is 5.97 Å². The molecule has 2 aliphatic rings. The highest BCUT2D eigenvalue weighted by Gasteiger charge is 2.29. The predicted molar refractivity (Wildman–Crippen MR) is 166 cm³/mol. The Kier molecular flexibility index (Phi) is 7.98. The molecule has 8 nitrogen and oxygen atoms in total. The maximum atomic E-state index is 14.8. The minimum atomic E-state index is -0.950. The van der Waals surface area contributed by atoms with E-state index in [9.17, 15) is 14.3 Å². The molecule has 1 fully saturated rings. The zero-order valence-electron chi connectivity index (χ0n) is 25.5. The van der Waals surface area contributed by atoms with E-state index >= 15 is 0 Å². The Balaban J connectivity index is 1.49. The van der Waals surface area contributed by atoms with Crippen LogP contribution in [0.25, 0.3) is 16.6 Å². The first kappa shape index (κ1) is 29.5. The van der Waals surface area contributed by atoms with Crippen LogP contribution in [0.1, 0.15) is 61.3 Å². The average molecular weight is 574 g/mol. The number of carbonyl (C=O) groups is 1. The zero-order chi connectivity index (χ0) is 30.3. The number of carboxylic acids is 1. The fourth-order valence-electron chi connectivity index (χ4n) is 6.13. The number of piperazine rings is 1. The van der Waals surface area contributed by atoms with Gasteiger partial charge in [0.15, 0.2) is 0 Å². The number of ether oxygens (including phenoxy) is 1. The van der Waals surface area contributed by atoms with Crippen molar-refractivity contribution in [3.8, 4) is 0 Å². The summed E-state index contributed by atoms with van der Waals surface area (Å²) < 4.78 is 22.5. The van der Waals surface area contributed by atoms with Crippen LogP contribution in [-0.4, -0.2) is 65.0 Å². The summed E-state index contributed by atoms with van der Waals surface area (Å²) in [6.45, 7) is 14.5. The molecular weight excluding hydrogens is 533 g/mol. The van der Waals surface area contributed by atoms with Crippen LogP contribution in [-0.2, 0) is 10.3 Å². The van der Waals surface area contributed by atoms with Crippen LogP contribution in [0.5, 0.6) is 0 Å². The van der Waals surface area contributed by atoms with E-state index in [1.54, 1.807) is 27.0 Å². The molecule has 0 saturated carbocycles. The van der Waals surface area contributed by atoms with Gasteiger partial charge in [0.2, 0.25) is 0 Å². The molecule has 5 rings (SSSR count). The number of rotatable bonds is 7. The third-order valence-electron chi connectivity index (χ3n) is 8.36. The molecule has 1 saturated heterocycles. The average Bonchev–Trinajstić information content (AvgIpc) is 3.23. The van der Waals surface area contributed by atoms with E-state index in [0.717, 1.165) is 53.4 Å². The molecule has 1 atom stereocenters. The summed E-state index contributed by atoms with van der Waals surface area (Å²) in [5, 5.41) is 10.5. The molecule has 3 aromatic heterocycles. The lowest BCUT2D eigenvalue weighted by atomic mass is 10.0. The second-order valence-corrected chi connectivity index (χ2v) is 12.0. The summed E-state index contributed by atoms with van der Waals surface area (Å²) in [5.41, 5.74) is 4.41. The number of aryl methyl sites for hydroxylation is 2. The van der Waals surface area contributed by atoms with E-state index in [0.29, 0.717) is 29.9 Å². The van der Waals surface area contributed by atoms with Crippen LogP contribution in [0, 0.1) is 13.8 Å². The predicted octanol–water partition coefficient (Wildman–Crippen LogP) is 6.43. The van der Waals surface area contributed by atoms with Gasteiger partial charge in [0.25, 0.3) is 0 Å². The first-order chi connectivity index (χ1) is 19.9. The van der Waals surface area contributed by atoms with Crippen molar-refractivity contribution in [2.24, 2.45) is 0 Å². The Morgan fingerprint density at radius 2 is 1.90 bits per heavy atom. The van der Waals surface area contributed by atoms with Crippen LogP contribution >= 0.6 is 0 Å². The van der Waals surface area contributed by atoms with Crippen LogP contribution in [0.15, 0.2) is 54.0 Å². The number of carboxylic acid groups (broad SMARTS) is 1. The van der Waals surface area contributed by atoms with Gasteiger partial charge in [-0.05, 0) is 88.9 Å². The standard InChI is InChI=1S/C33H40FN5O3/c1-20-9-8-10-24(16-27(20)34)26-18-39(33(5,6)19-42-7)31-25(26)11-12-28(36-31)38-14-13-37(17-22(38)3)29-15-21(2)30(32(40)41)23(4)35-29/h9-12,15-16,18,22H,8,13-14,17,19H2,1-7H3,(H,40,41). The molecule has 42 heavy (non-hydrogen) atoms. The lowest BCUT2D eigenvalue weighted by Crippen LogP contribution is -2.52. The third kappa shape index (κ3) is 5.45. The first-order valence-corrected chi connectivity index (χ1v) is 14.4. The number of hydrogen-bond donors (Lipinski definition) is 1. The summed E-state index contributed by atoms with van der Waals surface area (Å²) in [7, 11) is 1.70. The SMILES string of the molecule is COCC(C)(C)n1cc(C2=CCC=C(C)C(F)=C2)c2ccc(N3CCN(c4cc(C)c(C(=O)O)c(C)n4)CC3C)nc21.